The number of fused-ring (bicyclic) bond motifs is 1. The van der Waals surface area contributed by atoms with Gasteiger partial charge in [-0.1, -0.05) is 77.9 Å². The smallest absolute Gasteiger partial charge is 0.243 e. The molecule has 2 aliphatic heterocycles. The predicted octanol–water partition coefficient (Wildman–Crippen LogP) is 5.84. The molecule has 4 aromatic rings. The number of ketones is 1. The molecule has 6 rings (SSSR count). The first-order valence-corrected chi connectivity index (χ1v) is 17.8. The highest BCUT2D eigenvalue weighted by atomic mass is 32.2. The van der Waals surface area contributed by atoms with Gasteiger partial charge in [0.25, 0.3) is 0 Å². The topological polar surface area (TPSA) is 101 Å². The van der Waals surface area contributed by atoms with Gasteiger partial charge in [-0.15, -0.1) is 0 Å². The number of methoxy groups -OCH3 is 1. The Morgan fingerprint density at radius 1 is 0.667 bits per heavy atom. The van der Waals surface area contributed by atoms with Gasteiger partial charge < -0.3 is 4.74 Å². The molecule has 2 aliphatic rings. The van der Waals surface area contributed by atoms with Crippen LogP contribution in [-0.2, 0) is 24.8 Å². The second-order valence-corrected chi connectivity index (χ2v) is 15.6. The van der Waals surface area contributed by atoms with Gasteiger partial charge in [-0.2, -0.15) is 8.61 Å². The average molecular weight is 645 g/mol. The van der Waals surface area contributed by atoms with Gasteiger partial charge in [0.2, 0.25) is 20.0 Å². The first-order chi connectivity index (χ1) is 21.5. The van der Waals surface area contributed by atoms with Crippen LogP contribution in [0.3, 0.4) is 0 Å². The largest absolute Gasteiger partial charge is 0.497 e. The molecule has 0 aromatic heterocycles. The molecule has 8 nitrogen and oxygen atoms in total. The molecule has 0 spiro atoms. The lowest BCUT2D eigenvalue weighted by atomic mass is 9.77. The van der Waals surface area contributed by atoms with E-state index in [2.05, 4.69) is 0 Å². The van der Waals surface area contributed by atoms with E-state index < -0.39 is 44.1 Å². The summed E-state index contributed by atoms with van der Waals surface area (Å²) in [6.07, 6.45) is 0.0456. The number of hydrogen-bond acceptors (Lipinski definition) is 6. The molecule has 0 radical (unpaired) electrons. The number of sulfonamides is 2. The van der Waals surface area contributed by atoms with Crippen LogP contribution < -0.4 is 4.74 Å². The third-order valence-electron chi connectivity index (χ3n) is 9.00. The van der Waals surface area contributed by atoms with Crippen molar-refractivity contribution >= 4 is 25.8 Å². The van der Waals surface area contributed by atoms with Gasteiger partial charge in [0, 0.05) is 24.9 Å². The molecule has 10 heteroatoms. The number of carbonyl (C=O) groups excluding carboxylic acids is 1. The first kappa shape index (κ1) is 31.2. The van der Waals surface area contributed by atoms with Crippen molar-refractivity contribution in [2.24, 2.45) is 5.92 Å². The van der Waals surface area contributed by atoms with E-state index in [0.29, 0.717) is 11.3 Å². The summed E-state index contributed by atoms with van der Waals surface area (Å²) in [5, 5.41) is 0. The number of rotatable bonds is 7. The maximum absolute atomic E-state index is 14.6. The molecular weight excluding hydrogens is 609 g/mol. The highest BCUT2D eigenvalue weighted by Crippen LogP contribution is 2.48. The van der Waals surface area contributed by atoms with Crippen molar-refractivity contribution in [3.05, 3.63) is 125 Å². The van der Waals surface area contributed by atoms with Crippen LogP contribution in [0.5, 0.6) is 5.75 Å². The Morgan fingerprint density at radius 3 is 1.80 bits per heavy atom. The van der Waals surface area contributed by atoms with Crippen LogP contribution in [0, 0.1) is 19.8 Å². The van der Waals surface area contributed by atoms with Gasteiger partial charge in [0.15, 0.2) is 0 Å². The second kappa shape index (κ2) is 12.2. The molecule has 0 saturated carbocycles. The zero-order valence-electron chi connectivity index (χ0n) is 25.4. The summed E-state index contributed by atoms with van der Waals surface area (Å²) in [6, 6.07) is 27.3. The van der Waals surface area contributed by atoms with E-state index in [-0.39, 0.29) is 35.0 Å². The zero-order valence-corrected chi connectivity index (χ0v) is 27.0. The predicted molar refractivity (Wildman–Crippen MR) is 172 cm³/mol. The Balaban J connectivity index is 1.51. The molecule has 45 heavy (non-hydrogen) atoms. The van der Waals surface area contributed by atoms with Crippen molar-refractivity contribution in [1.82, 2.24) is 8.61 Å². The molecular formula is C35H36N2O6S2. The minimum Gasteiger partial charge on any atom is -0.497 e. The van der Waals surface area contributed by atoms with Crippen LogP contribution in [0.2, 0.25) is 0 Å². The number of nitrogens with zero attached hydrogens (tertiary/aromatic N) is 2. The van der Waals surface area contributed by atoms with E-state index in [1.54, 1.807) is 73.8 Å². The van der Waals surface area contributed by atoms with E-state index in [1.807, 2.05) is 38.1 Å². The van der Waals surface area contributed by atoms with Crippen LogP contribution in [0.25, 0.3) is 0 Å². The monoisotopic (exact) mass is 644 g/mol. The molecule has 2 heterocycles. The van der Waals surface area contributed by atoms with E-state index in [1.165, 1.54) is 20.7 Å². The molecule has 2 saturated heterocycles. The van der Waals surface area contributed by atoms with Crippen LogP contribution in [0.4, 0.5) is 0 Å². The van der Waals surface area contributed by atoms with Crippen LogP contribution in [0.1, 0.15) is 47.2 Å². The Morgan fingerprint density at radius 2 is 1.20 bits per heavy atom. The number of Topliss-reactive ketones (excluding diaryl/α,β-unsaturated/α-hetero) is 1. The zero-order chi connectivity index (χ0) is 31.9. The average Bonchev–Trinajstić information content (AvgIpc) is 3.05. The van der Waals surface area contributed by atoms with Crippen LogP contribution in [-0.4, -0.2) is 50.9 Å². The summed E-state index contributed by atoms with van der Waals surface area (Å²) in [5.74, 6) is -0.386. The third-order valence-corrected chi connectivity index (χ3v) is 12.8. The fraction of sp³-hybridized carbons (Fsp3) is 0.286. The fourth-order valence-electron chi connectivity index (χ4n) is 6.57. The van der Waals surface area contributed by atoms with Gasteiger partial charge in [0.1, 0.15) is 11.5 Å². The van der Waals surface area contributed by atoms with Crippen LogP contribution in [0.15, 0.2) is 113 Å². The Labute approximate surface area is 265 Å². The van der Waals surface area contributed by atoms with Crippen molar-refractivity contribution in [2.45, 2.75) is 54.6 Å². The SMILES string of the molecule is COc1ccc([C@@H]2C[C@H]3[C@@H](CN2S(=O)(=O)c2ccccc2)C(=O)C[C@@H](c2ccc(C)cc2)N3S(=O)(=O)c2ccc(C)cc2)cc1. The van der Waals surface area contributed by atoms with Crippen molar-refractivity contribution < 1.29 is 26.4 Å². The summed E-state index contributed by atoms with van der Waals surface area (Å²) in [4.78, 5) is 14.3. The number of hydrogen-bond donors (Lipinski definition) is 0. The molecule has 0 bridgehead atoms. The standard InChI is InChI=1S/C35H36N2O6S2/c1-24-9-13-27(14-10-24)33-22-35(38)31-23-36(44(39,40)29-7-5-4-6-8-29)32(26-15-17-28(43-3)18-16-26)21-34(31)37(33)45(41,42)30-19-11-25(2)12-20-30/h4-20,31-34H,21-23H2,1-3H3/t31-,32+,33+,34+/m1/s1. The molecule has 0 amide bonds. The maximum atomic E-state index is 14.6. The maximum Gasteiger partial charge on any atom is 0.243 e. The van der Waals surface area contributed by atoms with Gasteiger partial charge in [-0.3, -0.25) is 4.79 Å². The molecule has 2 fully saturated rings. The summed E-state index contributed by atoms with van der Waals surface area (Å²) in [5.41, 5.74) is 3.36. The molecule has 4 atom stereocenters. The van der Waals surface area contributed by atoms with Gasteiger partial charge in [0.05, 0.1) is 29.0 Å². The number of ether oxygens (including phenoxy) is 1. The molecule has 0 unspecified atom stereocenters. The Hall–Kier alpha value is -3.83. The molecule has 4 aromatic carbocycles. The minimum atomic E-state index is -4.11. The normalized spacial score (nSPS) is 23.0. The summed E-state index contributed by atoms with van der Waals surface area (Å²) < 4.78 is 65.8. The molecule has 234 valence electrons. The second-order valence-electron chi connectivity index (χ2n) is 11.8. The highest BCUT2D eigenvalue weighted by Gasteiger charge is 2.54. The quantitative estimate of drug-likeness (QED) is 0.251. The number of aryl methyl sites for hydroxylation is 2. The van der Waals surface area contributed by atoms with E-state index >= 15 is 0 Å². The number of benzene rings is 4. The lowest BCUT2D eigenvalue weighted by Gasteiger charge is -2.51. The van der Waals surface area contributed by atoms with Crippen molar-refractivity contribution in [2.75, 3.05) is 13.7 Å². The van der Waals surface area contributed by atoms with Crippen molar-refractivity contribution in [3.63, 3.8) is 0 Å². The Kier molecular flexibility index (Phi) is 8.43. The van der Waals surface area contributed by atoms with Gasteiger partial charge >= 0.3 is 0 Å². The molecule has 0 aliphatic carbocycles. The van der Waals surface area contributed by atoms with E-state index in [9.17, 15) is 21.6 Å². The fourth-order valence-corrected chi connectivity index (χ4v) is 10.1. The van der Waals surface area contributed by atoms with E-state index in [0.717, 1.165) is 16.7 Å². The first-order valence-electron chi connectivity index (χ1n) is 14.9. The summed E-state index contributed by atoms with van der Waals surface area (Å²) in [7, 11) is -6.60. The summed E-state index contributed by atoms with van der Waals surface area (Å²) >= 11 is 0. The lowest BCUT2D eigenvalue weighted by Crippen LogP contribution is -2.60. The minimum absolute atomic E-state index is 0.0538. The van der Waals surface area contributed by atoms with Crippen molar-refractivity contribution in [3.8, 4) is 5.75 Å². The number of piperidine rings is 2. The lowest BCUT2D eigenvalue weighted by molar-refractivity contribution is -0.132. The van der Waals surface area contributed by atoms with Gasteiger partial charge in [-0.05, 0) is 67.8 Å². The highest BCUT2D eigenvalue weighted by molar-refractivity contribution is 7.89. The number of carbonyl (C=O) groups is 1. The Bertz CT molecular complexity index is 1890. The van der Waals surface area contributed by atoms with Gasteiger partial charge in [-0.25, -0.2) is 16.8 Å². The van der Waals surface area contributed by atoms with Crippen LogP contribution >= 0.6 is 0 Å². The van der Waals surface area contributed by atoms with Crippen molar-refractivity contribution in [1.29, 1.82) is 0 Å². The summed E-state index contributed by atoms with van der Waals surface area (Å²) in [6.45, 7) is 3.70. The third kappa shape index (κ3) is 5.83. The van der Waals surface area contributed by atoms with E-state index in [4.69, 9.17) is 4.74 Å². The molecule has 0 N–H and O–H groups in total.